The quantitative estimate of drug-likeness (QED) is 0.260. The smallest absolute Gasteiger partial charge is 0.320 e. The number of ether oxygens (including phenoxy) is 2. The van der Waals surface area contributed by atoms with Gasteiger partial charge in [-0.05, 0) is 12.0 Å². The van der Waals surface area contributed by atoms with Gasteiger partial charge in [0.15, 0.2) is 0 Å². The Kier molecular flexibility index (Phi) is 15.1. The fourth-order valence-corrected chi connectivity index (χ4v) is 4.12. The van der Waals surface area contributed by atoms with Crippen molar-refractivity contribution in [3.8, 4) is 0 Å². The Balaban J connectivity index is 2.09. The van der Waals surface area contributed by atoms with Crippen LogP contribution >= 0.6 is 0 Å². The van der Waals surface area contributed by atoms with Crippen molar-refractivity contribution in [3.63, 3.8) is 0 Å². The Labute approximate surface area is 230 Å². The number of aliphatic carboxylic acids is 2. The molecule has 39 heavy (non-hydrogen) atoms. The maximum absolute atomic E-state index is 12.6. The van der Waals surface area contributed by atoms with Crippen molar-refractivity contribution in [3.05, 3.63) is 35.9 Å². The minimum atomic E-state index is -0.978. The van der Waals surface area contributed by atoms with Crippen LogP contribution in [-0.2, 0) is 35.3 Å². The molecule has 1 aliphatic heterocycles. The molecule has 1 fully saturated rings. The first-order valence-electron chi connectivity index (χ1n) is 13.4. The van der Waals surface area contributed by atoms with Crippen LogP contribution in [0.1, 0.15) is 25.3 Å². The van der Waals surface area contributed by atoms with E-state index in [9.17, 15) is 29.4 Å². The predicted octanol–water partition coefficient (Wildman–Crippen LogP) is 0.464. The molecule has 1 heterocycles. The van der Waals surface area contributed by atoms with E-state index in [0.29, 0.717) is 59.0 Å². The van der Waals surface area contributed by atoms with Crippen LogP contribution in [0.5, 0.6) is 0 Å². The van der Waals surface area contributed by atoms with Crippen LogP contribution < -0.4 is 0 Å². The third kappa shape index (κ3) is 14.6. The Hall–Kier alpha value is -3.06. The average Bonchev–Trinajstić information content (AvgIpc) is 2.89. The topological polar surface area (TPSA) is 140 Å². The molecule has 0 radical (unpaired) electrons. The van der Waals surface area contributed by atoms with Gasteiger partial charge in [-0.2, -0.15) is 0 Å². The summed E-state index contributed by atoms with van der Waals surface area (Å²) < 4.78 is 10.8. The number of esters is 2. The molecule has 218 valence electrons. The number of carbonyl (C=O) groups is 4. The molecule has 12 heteroatoms. The van der Waals surface area contributed by atoms with Gasteiger partial charge in [-0.25, -0.2) is 0 Å². The van der Waals surface area contributed by atoms with E-state index >= 15 is 0 Å². The summed E-state index contributed by atoms with van der Waals surface area (Å²) in [5.41, 5.74) is 0.880. The molecule has 0 amide bonds. The number of carboxylic acids is 2. The lowest BCUT2D eigenvalue weighted by Crippen LogP contribution is -2.49. The van der Waals surface area contributed by atoms with Crippen LogP contribution in [0, 0.1) is 0 Å². The molecule has 1 aromatic carbocycles. The lowest BCUT2D eigenvalue weighted by molar-refractivity contribution is -0.147. The molecule has 0 spiro atoms. The third-order valence-electron chi connectivity index (χ3n) is 6.36. The predicted molar refractivity (Wildman–Crippen MR) is 143 cm³/mol. The summed E-state index contributed by atoms with van der Waals surface area (Å²) in [6.07, 6.45) is 1.69. The van der Waals surface area contributed by atoms with Crippen LogP contribution in [0.2, 0.25) is 0 Å². The maximum atomic E-state index is 12.6. The van der Waals surface area contributed by atoms with Gasteiger partial charge in [0.05, 0.1) is 32.8 Å². The molecule has 1 aliphatic rings. The molecule has 0 aromatic heterocycles. The number of hydrogen-bond donors (Lipinski definition) is 2. The normalized spacial score (nSPS) is 17.1. The molecule has 0 aliphatic carbocycles. The van der Waals surface area contributed by atoms with Crippen molar-refractivity contribution in [2.45, 2.75) is 26.4 Å². The number of benzene rings is 1. The van der Waals surface area contributed by atoms with Crippen molar-refractivity contribution < 1.29 is 38.9 Å². The fourth-order valence-electron chi connectivity index (χ4n) is 4.12. The first kappa shape index (κ1) is 32.2. The van der Waals surface area contributed by atoms with Crippen LogP contribution in [-0.4, -0.2) is 139 Å². The van der Waals surface area contributed by atoms with Crippen LogP contribution in [0.25, 0.3) is 0 Å². The lowest BCUT2D eigenvalue weighted by Gasteiger charge is -2.32. The van der Waals surface area contributed by atoms with Gasteiger partial charge in [-0.3, -0.25) is 38.8 Å². The van der Waals surface area contributed by atoms with Crippen molar-refractivity contribution in [1.82, 2.24) is 19.6 Å². The number of rotatable bonds is 13. The van der Waals surface area contributed by atoms with Crippen molar-refractivity contribution in [2.24, 2.45) is 0 Å². The van der Waals surface area contributed by atoms with Gasteiger partial charge in [0.2, 0.25) is 0 Å². The minimum absolute atomic E-state index is 0.0215. The van der Waals surface area contributed by atoms with E-state index in [2.05, 4.69) is 0 Å². The standard InChI is InChI=1S/C27H42N4O8/c1-2-3-17-38-26(36)20-30-13-11-28(18-24(32)33)9-10-29(19-25(34)35)12-14-31(16-15-30)21-27(37)39-22-23-7-5-4-6-8-23/h4-8H,2-3,9-22H2,1H3,(H,32,33)(H,34,35). The monoisotopic (exact) mass is 550 g/mol. The van der Waals surface area contributed by atoms with Crippen LogP contribution in [0.15, 0.2) is 30.3 Å². The van der Waals surface area contributed by atoms with Crippen molar-refractivity contribution >= 4 is 23.9 Å². The van der Waals surface area contributed by atoms with Gasteiger partial charge >= 0.3 is 23.9 Å². The highest BCUT2D eigenvalue weighted by Gasteiger charge is 2.21. The van der Waals surface area contributed by atoms with Gasteiger partial charge in [0.25, 0.3) is 0 Å². The largest absolute Gasteiger partial charge is 0.480 e. The van der Waals surface area contributed by atoms with E-state index in [0.717, 1.165) is 18.4 Å². The van der Waals surface area contributed by atoms with Gasteiger partial charge in [-0.15, -0.1) is 0 Å². The molecule has 0 saturated carbocycles. The molecule has 0 bridgehead atoms. The Morgan fingerprint density at radius 1 is 0.667 bits per heavy atom. The highest BCUT2D eigenvalue weighted by atomic mass is 16.5. The number of nitrogens with zero attached hydrogens (tertiary/aromatic N) is 4. The first-order valence-corrected chi connectivity index (χ1v) is 13.4. The minimum Gasteiger partial charge on any atom is -0.480 e. The summed E-state index contributed by atoms with van der Waals surface area (Å²) >= 11 is 0. The van der Waals surface area contributed by atoms with E-state index in [1.807, 2.05) is 47.1 Å². The highest BCUT2D eigenvalue weighted by molar-refractivity contribution is 5.72. The summed E-state index contributed by atoms with van der Waals surface area (Å²) in [7, 11) is 0. The second-order valence-electron chi connectivity index (χ2n) is 9.61. The van der Waals surface area contributed by atoms with Crippen LogP contribution in [0.3, 0.4) is 0 Å². The fraction of sp³-hybridized carbons (Fsp3) is 0.630. The molecule has 12 nitrogen and oxygen atoms in total. The SMILES string of the molecule is CCCCOC(=O)CN1CCN(CC(=O)O)CCN(CC(=O)O)CCN(CC(=O)OCc2ccccc2)CC1. The van der Waals surface area contributed by atoms with Crippen molar-refractivity contribution in [2.75, 3.05) is 85.1 Å². The van der Waals surface area contributed by atoms with Crippen LogP contribution in [0.4, 0.5) is 0 Å². The third-order valence-corrected chi connectivity index (χ3v) is 6.36. The molecular weight excluding hydrogens is 508 g/mol. The zero-order valence-electron chi connectivity index (χ0n) is 22.8. The van der Waals surface area contributed by atoms with E-state index in [1.165, 1.54) is 0 Å². The summed E-state index contributed by atoms with van der Waals surface area (Å²) in [6, 6.07) is 9.37. The van der Waals surface area contributed by atoms with Crippen molar-refractivity contribution in [1.29, 1.82) is 0 Å². The number of hydrogen-bond acceptors (Lipinski definition) is 10. The van der Waals surface area contributed by atoms with Gasteiger partial charge in [-0.1, -0.05) is 43.7 Å². The van der Waals surface area contributed by atoms with Gasteiger partial charge in [0.1, 0.15) is 6.61 Å². The molecular formula is C27H42N4O8. The molecule has 2 N–H and O–H groups in total. The molecule has 1 aromatic rings. The lowest BCUT2D eigenvalue weighted by atomic mass is 10.2. The second kappa shape index (κ2) is 18.3. The highest BCUT2D eigenvalue weighted by Crippen LogP contribution is 2.05. The molecule has 0 unspecified atom stereocenters. The maximum Gasteiger partial charge on any atom is 0.320 e. The molecule has 0 atom stereocenters. The first-order chi connectivity index (χ1) is 18.7. The van der Waals surface area contributed by atoms with E-state index < -0.39 is 17.9 Å². The number of unbranched alkanes of at least 4 members (excludes halogenated alkanes) is 1. The van der Waals surface area contributed by atoms with Gasteiger partial charge in [0, 0.05) is 52.4 Å². The Bertz CT molecular complexity index is 901. The zero-order chi connectivity index (χ0) is 28.5. The molecule has 2 rings (SSSR count). The van der Waals surface area contributed by atoms with Gasteiger partial charge < -0.3 is 19.7 Å². The van der Waals surface area contributed by atoms with E-state index in [4.69, 9.17) is 9.47 Å². The summed E-state index contributed by atoms with van der Waals surface area (Å²) in [4.78, 5) is 55.2. The second-order valence-corrected chi connectivity index (χ2v) is 9.61. The van der Waals surface area contributed by atoms with E-state index in [1.54, 1.807) is 9.80 Å². The Morgan fingerprint density at radius 2 is 1.08 bits per heavy atom. The summed E-state index contributed by atoms with van der Waals surface area (Å²) in [5, 5.41) is 18.7. The zero-order valence-corrected chi connectivity index (χ0v) is 22.8. The summed E-state index contributed by atoms with van der Waals surface area (Å²) in [6.45, 7) is 5.39. The summed E-state index contributed by atoms with van der Waals surface area (Å²) in [5.74, 6) is -2.69. The molecule has 1 saturated heterocycles. The number of carbonyl (C=O) groups excluding carboxylic acids is 2. The average molecular weight is 551 g/mol. The number of carboxylic acid groups (broad SMARTS) is 2. The van der Waals surface area contributed by atoms with E-state index in [-0.39, 0.29) is 38.8 Å². The Morgan fingerprint density at radius 3 is 1.49 bits per heavy atom.